The smallest absolute Gasteiger partial charge is 0.341 e. The monoisotopic (exact) mass is 292 g/mol. The molecule has 0 spiro atoms. The summed E-state index contributed by atoms with van der Waals surface area (Å²) in [6.45, 7) is -0.451. The first-order chi connectivity index (χ1) is 9.98. The molecule has 1 aliphatic carbocycles. The number of carboxylic acid groups (broad SMARTS) is 1. The van der Waals surface area contributed by atoms with Crippen LogP contribution < -0.4 is 15.8 Å². The molecule has 0 saturated heterocycles. The van der Waals surface area contributed by atoms with E-state index in [4.69, 9.17) is 15.6 Å². The van der Waals surface area contributed by atoms with Crippen molar-refractivity contribution in [3.63, 3.8) is 0 Å². The Hall–Kier alpha value is -2.08. The number of carboxylic acids is 1. The van der Waals surface area contributed by atoms with E-state index in [1.54, 1.807) is 24.3 Å². The van der Waals surface area contributed by atoms with Crippen molar-refractivity contribution in [2.45, 2.75) is 37.6 Å². The maximum Gasteiger partial charge on any atom is 0.341 e. The highest BCUT2D eigenvalue weighted by Gasteiger charge is 2.31. The summed E-state index contributed by atoms with van der Waals surface area (Å²) in [5.41, 5.74) is 6.23. The summed E-state index contributed by atoms with van der Waals surface area (Å²) in [6, 6.07) is 6.75. The second-order valence-corrected chi connectivity index (χ2v) is 5.47. The molecule has 0 bridgehead atoms. The molecular weight excluding hydrogens is 272 g/mol. The maximum atomic E-state index is 12.1. The van der Waals surface area contributed by atoms with E-state index in [-0.39, 0.29) is 12.3 Å². The third-order valence-corrected chi connectivity index (χ3v) is 3.62. The number of ether oxygens (including phenoxy) is 1. The molecule has 6 heteroatoms. The molecule has 1 amide bonds. The van der Waals surface area contributed by atoms with Crippen LogP contribution in [0.3, 0.4) is 0 Å². The molecule has 0 aliphatic heterocycles. The number of carbonyl (C=O) groups is 2. The van der Waals surface area contributed by atoms with Crippen molar-refractivity contribution in [1.82, 2.24) is 0 Å². The average molecular weight is 292 g/mol. The quantitative estimate of drug-likeness (QED) is 0.741. The Balaban J connectivity index is 1.98. The highest BCUT2D eigenvalue weighted by Crippen LogP contribution is 2.31. The Morgan fingerprint density at radius 1 is 1.29 bits per heavy atom. The van der Waals surface area contributed by atoms with Gasteiger partial charge >= 0.3 is 5.97 Å². The summed E-state index contributed by atoms with van der Waals surface area (Å²) in [5.74, 6) is -0.903. The minimum Gasteiger partial charge on any atom is -0.480 e. The SMILES string of the molecule is NC1(CC(=O)Nc2ccccc2OCC(=O)O)CCCC1. The lowest BCUT2D eigenvalue weighted by atomic mass is 9.94. The molecule has 1 fully saturated rings. The molecule has 114 valence electrons. The Bertz CT molecular complexity index is 524. The Morgan fingerprint density at radius 3 is 2.62 bits per heavy atom. The van der Waals surface area contributed by atoms with Crippen molar-refractivity contribution >= 4 is 17.6 Å². The number of carbonyl (C=O) groups excluding carboxylic acids is 1. The van der Waals surface area contributed by atoms with Crippen LogP contribution in [0.4, 0.5) is 5.69 Å². The lowest BCUT2D eigenvalue weighted by Crippen LogP contribution is -2.40. The number of benzene rings is 1. The second-order valence-electron chi connectivity index (χ2n) is 5.47. The molecule has 2 rings (SSSR count). The number of rotatable bonds is 6. The molecule has 0 heterocycles. The van der Waals surface area contributed by atoms with E-state index in [0.717, 1.165) is 25.7 Å². The normalized spacial score (nSPS) is 16.4. The minimum atomic E-state index is -1.07. The van der Waals surface area contributed by atoms with Gasteiger partial charge in [-0.3, -0.25) is 4.79 Å². The average Bonchev–Trinajstić information content (AvgIpc) is 2.83. The van der Waals surface area contributed by atoms with Gasteiger partial charge in [0.1, 0.15) is 5.75 Å². The first kappa shape index (κ1) is 15.3. The van der Waals surface area contributed by atoms with Gasteiger partial charge in [-0.2, -0.15) is 0 Å². The second kappa shape index (κ2) is 6.58. The zero-order valence-corrected chi connectivity index (χ0v) is 11.8. The van der Waals surface area contributed by atoms with Gasteiger partial charge in [-0.25, -0.2) is 4.79 Å². The number of nitrogens with two attached hydrogens (primary N) is 1. The van der Waals surface area contributed by atoms with Crippen LogP contribution in [0, 0.1) is 0 Å². The summed E-state index contributed by atoms with van der Waals surface area (Å²) < 4.78 is 5.15. The molecule has 1 aliphatic rings. The molecule has 0 atom stereocenters. The predicted octanol–water partition coefficient (Wildman–Crippen LogP) is 1.75. The molecule has 0 radical (unpaired) electrons. The highest BCUT2D eigenvalue weighted by molar-refractivity contribution is 5.93. The fraction of sp³-hybridized carbons (Fsp3) is 0.467. The van der Waals surface area contributed by atoms with Gasteiger partial charge in [0.25, 0.3) is 0 Å². The van der Waals surface area contributed by atoms with Crippen LogP contribution >= 0.6 is 0 Å². The first-order valence-corrected chi connectivity index (χ1v) is 7.01. The van der Waals surface area contributed by atoms with E-state index >= 15 is 0 Å². The fourth-order valence-corrected chi connectivity index (χ4v) is 2.61. The topological polar surface area (TPSA) is 102 Å². The van der Waals surface area contributed by atoms with Gasteiger partial charge in [0.2, 0.25) is 5.91 Å². The van der Waals surface area contributed by atoms with Crippen molar-refractivity contribution < 1.29 is 19.4 Å². The van der Waals surface area contributed by atoms with E-state index < -0.39 is 18.1 Å². The van der Waals surface area contributed by atoms with E-state index in [9.17, 15) is 9.59 Å². The molecule has 0 aromatic heterocycles. The van der Waals surface area contributed by atoms with Crippen LogP contribution in [0.1, 0.15) is 32.1 Å². The Morgan fingerprint density at radius 2 is 1.95 bits per heavy atom. The zero-order chi connectivity index (χ0) is 15.3. The number of para-hydroxylation sites is 2. The largest absolute Gasteiger partial charge is 0.480 e. The minimum absolute atomic E-state index is 0.175. The molecule has 21 heavy (non-hydrogen) atoms. The Labute approximate surface area is 123 Å². The summed E-state index contributed by atoms with van der Waals surface area (Å²) in [4.78, 5) is 22.7. The summed E-state index contributed by atoms with van der Waals surface area (Å²) in [7, 11) is 0. The number of amides is 1. The van der Waals surface area contributed by atoms with Crippen molar-refractivity contribution in [1.29, 1.82) is 0 Å². The Kier molecular flexibility index (Phi) is 4.80. The van der Waals surface area contributed by atoms with Crippen LogP contribution in [-0.2, 0) is 9.59 Å². The molecule has 0 unspecified atom stereocenters. The molecule has 6 nitrogen and oxygen atoms in total. The van der Waals surface area contributed by atoms with Crippen LogP contribution in [0.5, 0.6) is 5.75 Å². The number of hydrogen-bond donors (Lipinski definition) is 3. The lowest BCUT2D eigenvalue weighted by molar-refractivity contribution is -0.139. The third kappa shape index (κ3) is 4.46. The molecule has 1 aromatic carbocycles. The fourth-order valence-electron chi connectivity index (χ4n) is 2.61. The highest BCUT2D eigenvalue weighted by atomic mass is 16.5. The van der Waals surface area contributed by atoms with Crippen LogP contribution in [-0.4, -0.2) is 29.1 Å². The number of nitrogens with one attached hydrogen (secondary N) is 1. The predicted molar refractivity (Wildman–Crippen MR) is 78.2 cm³/mol. The van der Waals surface area contributed by atoms with Crippen LogP contribution in [0.15, 0.2) is 24.3 Å². The van der Waals surface area contributed by atoms with Gasteiger partial charge in [-0.1, -0.05) is 25.0 Å². The lowest BCUT2D eigenvalue weighted by Gasteiger charge is -2.22. The van der Waals surface area contributed by atoms with Gasteiger partial charge in [0, 0.05) is 12.0 Å². The zero-order valence-electron chi connectivity index (χ0n) is 11.8. The summed E-state index contributed by atoms with van der Waals surface area (Å²) in [5, 5.41) is 11.4. The van der Waals surface area contributed by atoms with Crippen LogP contribution in [0.2, 0.25) is 0 Å². The first-order valence-electron chi connectivity index (χ1n) is 7.01. The van der Waals surface area contributed by atoms with E-state index in [1.807, 2.05) is 0 Å². The van der Waals surface area contributed by atoms with Crippen molar-refractivity contribution in [2.24, 2.45) is 5.73 Å². The summed E-state index contributed by atoms with van der Waals surface area (Å²) >= 11 is 0. The number of aliphatic carboxylic acids is 1. The molecule has 1 saturated carbocycles. The third-order valence-electron chi connectivity index (χ3n) is 3.62. The van der Waals surface area contributed by atoms with Gasteiger partial charge in [-0.15, -0.1) is 0 Å². The van der Waals surface area contributed by atoms with Crippen molar-refractivity contribution in [2.75, 3.05) is 11.9 Å². The van der Waals surface area contributed by atoms with Crippen LogP contribution in [0.25, 0.3) is 0 Å². The molecule has 1 aromatic rings. The number of anilines is 1. The van der Waals surface area contributed by atoms with Gasteiger partial charge in [-0.05, 0) is 25.0 Å². The van der Waals surface area contributed by atoms with E-state index in [2.05, 4.69) is 5.32 Å². The molecule has 4 N–H and O–H groups in total. The van der Waals surface area contributed by atoms with Gasteiger partial charge < -0.3 is 20.9 Å². The summed E-state index contributed by atoms with van der Waals surface area (Å²) in [6.07, 6.45) is 4.10. The standard InChI is InChI=1S/C15H20N2O4/c16-15(7-3-4-8-15)9-13(18)17-11-5-1-2-6-12(11)21-10-14(19)20/h1-2,5-6H,3-4,7-10,16H2,(H,17,18)(H,19,20). The van der Waals surface area contributed by atoms with E-state index in [0.29, 0.717) is 11.4 Å². The number of hydrogen-bond acceptors (Lipinski definition) is 4. The molecular formula is C15H20N2O4. The van der Waals surface area contributed by atoms with Crippen molar-refractivity contribution in [3.05, 3.63) is 24.3 Å². The van der Waals surface area contributed by atoms with Gasteiger partial charge in [0.15, 0.2) is 6.61 Å². The van der Waals surface area contributed by atoms with Gasteiger partial charge in [0.05, 0.1) is 5.69 Å². The van der Waals surface area contributed by atoms with Crippen molar-refractivity contribution in [3.8, 4) is 5.75 Å². The maximum absolute atomic E-state index is 12.1. The van der Waals surface area contributed by atoms with E-state index in [1.165, 1.54) is 0 Å².